The van der Waals surface area contributed by atoms with Crippen LogP contribution >= 0.6 is 7.14 Å². The molecule has 5 rings (SSSR count). The maximum absolute atomic E-state index is 2.64. The predicted molar refractivity (Wildman–Crippen MR) is 141 cm³/mol. The van der Waals surface area contributed by atoms with Crippen molar-refractivity contribution in [2.45, 2.75) is 32.1 Å². The van der Waals surface area contributed by atoms with Gasteiger partial charge in [0.05, 0.1) is 0 Å². The van der Waals surface area contributed by atoms with Crippen LogP contribution in [0.2, 0.25) is 0 Å². The Kier molecular flexibility index (Phi) is 5.66. The summed E-state index contributed by atoms with van der Waals surface area (Å²) in [6, 6.07) is 34.4. The average molecular weight is 424 g/mol. The van der Waals surface area contributed by atoms with E-state index < -0.39 is 13.0 Å². The summed E-state index contributed by atoms with van der Waals surface area (Å²) in [6.07, 6.45) is 8.27. The second kappa shape index (κ2) is 8.44. The van der Waals surface area contributed by atoms with E-state index in [0.29, 0.717) is 0 Å². The van der Waals surface area contributed by atoms with Gasteiger partial charge in [0.2, 0.25) is 5.87 Å². The highest BCUT2D eigenvalue weighted by Gasteiger charge is 2.57. The molecule has 0 nitrogen and oxygen atoms in total. The molecule has 0 spiro atoms. The molecule has 3 aromatic carbocycles. The van der Waals surface area contributed by atoms with Gasteiger partial charge in [0.1, 0.15) is 0 Å². The molecule has 158 valence electrons. The van der Waals surface area contributed by atoms with Crippen LogP contribution in [0.5, 0.6) is 0 Å². The van der Waals surface area contributed by atoms with Crippen molar-refractivity contribution in [2.75, 3.05) is 19.5 Å². The third-order valence-electron chi connectivity index (χ3n) is 8.14. The smallest absolute Gasteiger partial charge is 0.158 e. The highest BCUT2D eigenvalue weighted by molar-refractivity contribution is 8.14. The molecule has 0 saturated heterocycles. The van der Waals surface area contributed by atoms with Gasteiger partial charge in [-0.25, -0.2) is 0 Å². The zero-order chi connectivity index (χ0) is 21.3. The van der Waals surface area contributed by atoms with Gasteiger partial charge < -0.3 is 0 Å². The second-order valence-corrected chi connectivity index (χ2v) is 14.9. The predicted octanol–water partition coefficient (Wildman–Crippen LogP) is 6.61. The van der Waals surface area contributed by atoms with Crippen molar-refractivity contribution >= 4 is 29.4 Å². The van der Waals surface area contributed by atoms with E-state index in [1.807, 2.05) is 0 Å². The maximum Gasteiger partial charge on any atom is 0.246 e. The van der Waals surface area contributed by atoms with Crippen LogP contribution in [0.1, 0.15) is 37.7 Å². The van der Waals surface area contributed by atoms with Crippen molar-refractivity contribution in [3.05, 3.63) is 102 Å². The minimum absolute atomic E-state index is 0.763. The molecule has 0 atom stereocenters. The van der Waals surface area contributed by atoms with Gasteiger partial charge in [-0.15, -0.1) is 12.6 Å². The molecule has 2 aliphatic rings. The Morgan fingerprint density at radius 3 is 1.65 bits per heavy atom. The van der Waals surface area contributed by atoms with Gasteiger partial charge in [0, 0.05) is 19.5 Å². The molecule has 1 aliphatic carbocycles. The van der Waals surface area contributed by atoms with E-state index in [9.17, 15) is 0 Å². The van der Waals surface area contributed by atoms with Crippen LogP contribution < -0.4 is 10.9 Å². The lowest BCUT2D eigenvalue weighted by Crippen LogP contribution is -2.59. The highest BCUT2D eigenvalue weighted by atomic mass is 31.2. The van der Waals surface area contributed by atoms with Crippen LogP contribution in [0.3, 0.4) is 0 Å². The monoisotopic (exact) mass is 424 g/mol. The van der Waals surface area contributed by atoms with E-state index in [2.05, 4.69) is 104 Å². The number of hydrogen-bond donors (Lipinski definition) is 0. The molecule has 1 heterocycles. The first-order valence-corrected chi connectivity index (χ1v) is 15.0. The zero-order valence-electron chi connectivity index (χ0n) is 19.0. The van der Waals surface area contributed by atoms with E-state index in [1.54, 1.807) is 11.0 Å². The molecule has 3 aromatic rings. The number of benzene rings is 3. The van der Waals surface area contributed by atoms with E-state index >= 15 is 0 Å². The summed E-state index contributed by atoms with van der Waals surface area (Å²) in [5.41, 5.74) is 8.04. The summed E-state index contributed by atoms with van der Waals surface area (Å²) in [6.45, 7) is 5.29. The standard InChI is InChI=1S/C29H34BP/c1-31(2)23-28(24-15-7-3-8-16-24)29(25-17-9-4-10-18-25)30(31,26-19-11-5-12-20-26)27-21-13-6-14-22-27/h4-6,9-14,17-22,24H,3,7-8,15-16,23H2,1-2H3. The summed E-state index contributed by atoms with van der Waals surface area (Å²) in [5, 5.41) is 0. The van der Waals surface area contributed by atoms with Crippen LogP contribution in [-0.2, 0) is 0 Å². The third kappa shape index (κ3) is 3.43. The summed E-state index contributed by atoms with van der Waals surface area (Å²) in [7, 11) is -1.33. The molecule has 0 bridgehead atoms. The first-order chi connectivity index (χ1) is 15.1. The highest BCUT2D eigenvalue weighted by Crippen LogP contribution is 2.70. The molecule has 1 aliphatic heterocycles. The van der Waals surface area contributed by atoms with Crippen LogP contribution in [0.25, 0.3) is 5.47 Å². The van der Waals surface area contributed by atoms with Gasteiger partial charge in [0.25, 0.3) is 0 Å². The van der Waals surface area contributed by atoms with Gasteiger partial charge in [-0.1, -0.05) is 121 Å². The first kappa shape index (κ1) is 20.8. The van der Waals surface area contributed by atoms with Crippen molar-refractivity contribution < 1.29 is 0 Å². The fourth-order valence-corrected chi connectivity index (χ4v) is 11.5. The SMILES string of the molecule is C[P+]1(C)CC(C2CCCCC2)=C(c2ccccc2)[B-]1(c1ccccc1)c1ccccc1. The topological polar surface area (TPSA) is 0 Å². The van der Waals surface area contributed by atoms with E-state index in [0.717, 1.165) is 5.92 Å². The minimum atomic E-state index is -1.33. The van der Waals surface area contributed by atoms with Crippen LogP contribution in [0, 0.1) is 5.92 Å². The van der Waals surface area contributed by atoms with Gasteiger partial charge in [0.15, 0.2) is 0 Å². The molecule has 0 aromatic heterocycles. The van der Waals surface area contributed by atoms with Crippen LogP contribution in [-0.4, -0.2) is 25.4 Å². The second-order valence-electron chi connectivity index (χ2n) is 10.2. The molecule has 1 saturated carbocycles. The summed E-state index contributed by atoms with van der Waals surface area (Å²) in [4.78, 5) is 0. The largest absolute Gasteiger partial charge is 0.246 e. The Bertz CT molecular complexity index is 1010. The molecule has 31 heavy (non-hydrogen) atoms. The third-order valence-corrected chi connectivity index (χ3v) is 12.2. The average Bonchev–Trinajstić information content (AvgIpc) is 3.09. The molecule has 2 heteroatoms. The number of allylic oxidation sites excluding steroid dienone is 1. The zero-order valence-corrected chi connectivity index (χ0v) is 19.9. The molecule has 0 amide bonds. The van der Waals surface area contributed by atoms with Crippen molar-refractivity contribution in [3.63, 3.8) is 0 Å². The van der Waals surface area contributed by atoms with Crippen LogP contribution in [0.15, 0.2) is 96.6 Å². The fraction of sp³-hybridized carbons (Fsp3) is 0.310. The quantitative estimate of drug-likeness (QED) is 0.327. The molecular weight excluding hydrogens is 390 g/mol. The normalized spacial score (nSPS) is 20.7. The number of rotatable bonds is 4. The Labute approximate surface area is 189 Å². The Morgan fingerprint density at radius 1 is 0.645 bits per heavy atom. The lowest BCUT2D eigenvalue weighted by Gasteiger charge is -2.46. The van der Waals surface area contributed by atoms with Crippen molar-refractivity contribution in [1.29, 1.82) is 0 Å². The van der Waals surface area contributed by atoms with Crippen LogP contribution in [0.4, 0.5) is 0 Å². The lowest BCUT2D eigenvalue weighted by molar-refractivity contribution is 0.405. The first-order valence-electron chi connectivity index (χ1n) is 12.0. The molecule has 0 unspecified atom stereocenters. The van der Waals surface area contributed by atoms with Crippen molar-refractivity contribution in [2.24, 2.45) is 5.92 Å². The molecule has 1 fully saturated rings. The van der Waals surface area contributed by atoms with Gasteiger partial charge in [-0.3, -0.25) is 0 Å². The molecular formula is C29H34BP. The lowest BCUT2D eigenvalue weighted by atomic mass is 9.32. The minimum Gasteiger partial charge on any atom is -0.158 e. The summed E-state index contributed by atoms with van der Waals surface area (Å²) >= 11 is 0. The molecule has 0 N–H and O–H groups in total. The number of hydrogen-bond acceptors (Lipinski definition) is 0. The molecule has 0 radical (unpaired) electrons. The van der Waals surface area contributed by atoms with Gasteiger partial charge >= 0.3 is 0 Å². The van der Waals surface area contributed by atoms with Crippen molar-refractivity contribution in [1.82, 2.24) is 0 Å². The maximum atomic E-state index is 2.64. The Hall–Kier alpha value is -2.11. The Morgan fingerprint density at radius 2 is 1.13 bits per heavy atom. The fourth-order valence-electron chi connectivity index (χ4n) is 6.92. The summed E-state index contributed by atoms with van der Waals surface area (Å²) in [5.74, 6) is -0.220. The summed E-state index contributed by atoms with van der Waals surface area (Å²) < 4.78 is 0. The van der Waals surface area contributed by atoms with E-state index in [-0.39, 0.29) is 0 Å². The van der Waals surface area contributed by atoms with Crippen molar-refractivity contribution in [3.8, 4) is 0 Å². The van der Waals surface area contributed by atoms with E-state index in [4.69, 9.17) is 0 Å². The Balaban J connectivity index is 1.87. The van der Waals surface area contributed by atoms with Gasteiger partial charge in [-0.05, 0) is 18.8 Å². The van der Waals surface area contributed by atoms with Gasteiger partial charge in [-0.2, -0.15) is 10.9 Å². The van der Waals surface area contributed by atoms with E-state index in [1.165, 1.54) is 54.8 Å².